The van der Waals surface area contributed by atoms with Gasteiger partial charge in [0.1, 0.15) is 28.9 Å². The van der Waals surface area contributed by atoms with Crippen LogP contribution in [-0.4, -0.2) is 54.3 Å². The van der Waals surface area contributed by atoms with Gasteiger partial charge in [0.25, 0.3) is 0 Å². The lowest BCUT2D eigenvalue weighted by atomic mass is 9.43. The Kier molecular flexibility index (Phi) is 7.38. The van der Waals surface area contributed by atoms with E-state index in [2.05, 4.69) is 31.1 Å². The van der Waals surface area contributed by atoms with Gasteiger partial charge in [-0.2, -0.15) is 0 Å². The zero-order valence-electron chi connectivity index (χ0n) is 24.4. The molecule has 214 valence electrons. The van der Waals surface area contributed by atoms with Crippen LogP contribution in [0.5, 0.6) is 5.75 Å². The maximum absolute atomic E-state index is 13.1. The molecule has 4 fully saturated rings. The van der Waals surface area contributed by atoms with E-state index in [0.717, 1.165) is 18.4 Å². The minimum Gasteiger partial charge on any atom is -0.496 e. The molecule has 3 saturated carbocycles. The number of hydrogen-bond acceptors (Lipinski definition) is 8. The predicted molar refractivity (Wildman–Crippen MR) is 149 cm³/mol. The molecule has 1 aromatic heterocycles. The van der Waals surface area contributed by atoms with E-state index < -0.39 is 30.2 Å². The van der Waals surface area contributed by atoms with E-state index in [9.17, 15) is 9.59 Å². The van der Waals surface area contributed by atoms with E-state index in [-0.39, 0.29) is 17.4 Å². The van der Waals surface area contributed by atoms with Crippen LogP contribution >= 0.6 is 0 Å². The van der Waals surface area contributed by atoms with Crippen LogP contribution in [0.4, 0.5) is 0 Å². The quantitative estimate of drug-likeness (QED) is 0.288. The van der Waals surface area contributed by atoms with Crippen LogP contribution in [0.25, 0.3) is 6.08 Å². The van der Waals surface area contributed by atoms with Crippen LogP contribution in [0.3, 0.4) is 0 Å². The van der Waals surface area contributed by atoms with Crippen molar-refractivity contribution in [1.29, 1.82) is 0 Å². The number of hydrogen-bond donors (Lipinski definition) is 1. The van der Waals surface area contributed by atoms with Gasteiger partial charge >= 0.3 is 13.1 Å². The molecule has 40 heavy (non-hydrogen) atoms. The molecule has 0 radical (unpaired) electrons. The number of oxazole rings is 1. The number of methoxy groups -OCH3 is 1. The zero-order chi connectivity index (χ0) is 28.9. The summed E-state index contributed by atoms with van der Waals surface area (Å²) in [7, 11) is 0.846. The Hall–Kier alpha value is -3.11. The van der Waals surface area contributed by atoms with Crippen molar-refractivity contribution in [3.8, 4) is 5.75 Å². The molecule has 2 aromatic rings. The van der Waals surface area contributed by atoms with Gasteiger partial charge in [-0.25, -0.2) is 9.78 Å². The summed E-state index contributed by atoms with van der Waals surface area (Å²) >= 11 is 0. The van der Waals surface area contributed by atoms with Gasteiger partial charge in [0, 0.05) is 6.08 Å². The Balaban J connectivity index is 1.42. The number of amides is 1. The van der Waals surface area contributed by atoms with Crippen LogP contribution in [0.2, 0.25) is 0 Å². The van der Waals surface area contributed by atoms with Gasteiger partial charge in [0.05, 0.1) is 24.8 Å². The third-order valence-corrected chi connectivity index (χ3v) is 8.84. The summed E-state index contributed by atoms with van der Waals surface area (Å²) in [6.45, 7) is 12.2. The van der Waals surface area contributed by atoms with Crippen LogP contribution in [-0.2, 0) is 25.3 Å². The first-order valence-corrected chi connectivity index (χ1v) is 13.9. The third kappa shape index (κ3) is 5.31. The first-order chi connectivity index (χ1) is 18.8. The summed E-state index contributed by atoms with van der Waals surface area (Å²) in [6.07, 6.45) is 8.07. The number of carbonyl (C=O) groups is 2. The topological polar surface area (TPSA) is 109 Å². The lowest BCUT2D eigenvalue weighted by Gasteiger charge is -2.64. The van der Waals surface area contributed by atoms with E-state index in [1.165, 1.54) is 25.8 Å². The van der Waals surface area contributed by atoms with E-state index >= 15 is 0 Å². The maximum Gasteiger partial charge on any atom is 0.482 e. The second-order valence-corrected chi connectivity index (χ2v) is 12.9. The molecule has 4 aliphatic rings. The molecule has 1 amide bonds. The first-order valence-electron chi connectivity index (χ1n) is 13.9. The summed E-state index contributed by atoms with van der Waals surface area (Å²) in [5.74, 6) is 0.0200. The number of carbonyl (C=O) groups excluding carboxylic acids is 2. The minimum absolute atomic E-state index is 0.0469. The summed E-state index contributed by atoms with van der Waals surface area (Å²) in [6, 6.07) is 5.34. The summed E-state index contributed by atoms with van der Waals surface area (Å²) in [4.78, 5) is 30.1. The lowest BCUT2D eigenvalue weighted by Crippen LogP contribution is -2.65. The van der Waals surface area contributed by atoms with Gasteiger partial charge < -0.3 is 28.5 Å². The van der Waals surface area contributed by atoms with Crippen molar-refractivity contribution < 1.29 is 32.8 Å². The molecule has 6 rings (SSSR count). The Morgan fingerprint density at radius 3 is 2.67 bits per heavy atom. The van der Waals surface area contributed by atoms with Crippen LogP contribution in [0.1, 0.15) is 76.0 Å². The van der Waals surface area contributed by atoms with Crippen molar-refractivity contribution >= 4 is 25.1 Å². The fourth-order valence-electron chi connectivity index (χ4n) is 6.70. The molecular formula is C30H39BN2O7. The van der Waals surface area contributed by atoms with Crippen molar-refractivity contribution in [2.75, 3.05) is 7.11 Å². The van der Waals surface area contributed by atoms with Gasteiger partial charge in [-0.3, -0.25) is 4.79 Å². The summed E-state index contributed by atoms with van der Waals surface area (Å²) < 4.78 is 29.6. The Bertz CT molecular complexity index is 1290. The lowest BCUT2D eigenvalue weighted by molar-refractivity contribution is -0.199. The van der Waals surface area contributed by atoms with Crippen LogP contribution in [0.15, 0.2) is 41.3 Å². The monoisotopic (exact) mass is 550 g/mol. The highest BCUT2D eigenvalue weighted by molar-refractivity contribution is 6.48. The normalized spacial score (nSPS) is 27.6. The Morgan fingerprint density at radius 1 is 1.25 bits per heavy atom. The predicted octanol–water partition coefficient (Wildman–Crippen LogP) is 4.65. The molecule has 0 spiro atoms. The molecule has 1 aromatic carbocycles. The van der Waals surface area contributed by atoms with E-state index in [0.29, 0.717) is 35.3 Å². The van der Waals surface area contributed by atoms with Gasteiger partial charge in [-0.05, 0) is 81.9 Å². The number of rotatable bonds is 8. The number of esters is 1. The number of benzene rings is 1. The summed E-state index contributed by atoms with van der Waals surface area (Å²) in [5, 5.41) is 3.08. The largest absolute Gasteiger partial charge is 0.496 e. The first kappa shape index (κ1) is 28.4. The van der Waals surface area contributed by atoms with Crippen molar-refractivity contribution in [3.63, 3.8) is 0 Å². The zero-order valence-corrected chi connectivity index (χ0v) is 24.4. The Labute approximate surface area is 236 Å². The molecule has 10 heteroatoms. The molecule has 2 heterocycles. The average molecular weight is 550 g/mol. The minimum atomic E-state index is -0.676. The number of ether oxygens (including phenoxy) is 2. The molecule has 2 bridgehead atoms. The molecular weight excluding hydrogens is 511 g/mol. The standard InChI is InChI=1S/C30H39BN2O7/c1-28(2,3)38-27(35)21-10-8-9-18(26(21)36-7)13-24(33-25(34)12-11-20-16-37-17-32-20)31-39-23-15-19-14-22(29(19,4)5)30(23,6)40-31/h8-12,16-17,19,22-24H,13-15H2,1-7H3,(H,33,34). The molecule has 5 atom stereocenters. The van der Waals surface area contributed by atoms with E-state index in [1.807, 2.05) is 26.8 Å². The fraction of sp³-hybridized carbons (Fsp3) is 0.567. The van der Waals surface area contributed by atoms with Gasteiger partial charge in [-0.1, -0.05) is 26.0 Å². The van der Waals surface area contributed by atoms with Gasteiger partial charge in [0.2, 0.25) is 5.91 Å². The van der Waals surface area contributed by atoms with Gasteiger partial charge in [0.15, 0.2) is 6.39 Å². The van der Waals surface area contributed by atoms with Crippen molar-refractivity contribution in [3.05, 3.63) is 53.8 Å². The number of aromatic nitrogens is 1. The molecule has 3 aliphatic carbocycles. The number of nitrogens with one attached hydrogen (secondary N) is 1. The van der Waals surface area contributed by atoms with Crippen LogP contribution in [0, 0.1) is 17.3 Å². The Morgan fingerprint density at radius 2 is 2.02 bits per heavy atom. The van der Waals surface area contributed by atoms with Crippen molar-refractivity contribution in [2.45, 2.75) is 84.1 Å². The van der Waals surface area contributed by atoms with E-state index in [1.54, 1.807) is 18.2 Å². The highest BCUT2D eigenvalue weighted by atomic mass is 16.7. The smallest absolute Gasteiger partial charge is 0.482 e. The molecule has 1 N–H and O–H groups in total. The number of para-hydroxylation sites is 1. The SMILES string of the molecule is COc1c(CC(NC(=O)C=Cc2cocn2)B2OC3CC4CC(C4(C)C)C3(C)O2)cccc1C(=O)OC(C)(C)C. The number of nitrogens with zero attached hydrogens (tertiary/aromatic N) is 1. The van der Waals surface area contributed by atoms with Crippen molar-refractivity contribution in [2.24, 2.45) is 17.3 Å². The fourth-order valence-corrected chi connectivity index (χ4v) is 6.70. The molecule has 5 unspecified atom stereocenters. The highest BCUT2D eigenvalue weighted by Crippen LogP contribution is 2.65. The van der Waals surface area contributed by atoms with Gasteiger partial charge in [-0.15, -0.1) is 0 Å². The highest BCUT2D eigenvalue weighted by Gasteiger charge is 2.68. The second-order valence-electron chi connectivity index (χ2n) is 12.9. The van der Waals surface area contributed by atoms with Crippen molar-refractivity contribution in [1.82, 2.24) is 10.3 Å². The van der Waals surface area contributed by atoms with E-state index in [4.69, 9.17) is 23.2 Å². The molecule has 9 nitrogen and oxygen atoms in total. The second kappa shape index (κ2) is 10.4. The molecule has 1 saturated heterocycles. The summed E-state index contributed by atoms with van der Waals surface area (Å²) in [5.41, 5.74) is 0.679. The molecule has 1 aliphatic heterocycles. The van der Waals surface area contributed by atoms with Crippen LogP contribution < -0.4 is 10.1 Å². The average Bonchev–Trinajstić information content (AvgIpc) is 3.52. The third-order valence-electron chi connectivity index (χ3n) is 8.84. The maximum atomic E-state index is 13.1.